The molecule has 1 aromatic rings. The number of hydrogen-bond acceptors (Lipinski definition) is 3. The maximum Gasteiger partial charge on any atom is 0.405 e. The summed E-state index contributed by atoms with van der Waals surface area (Å²) in [7, 11) is 0. The van der Waals surface area contributed by atoms with Gasteiger partial charge < -0.3 is 16.0 Å². The van der Waals surface area contributed by atoms with Crippen LogP contribution in [-0.2, 0) is 4.79 Å². The third-order valence-corrected chi connectivity index (χ3v) is 2.24. The van der Waals surface area contributed by atoms with Gasteiger partial charge in [-0.15, -0.1) is 0 Å². The van der Waals surface area contributed by atoms with Crippen molar-refractivity contribution in [3.8, 4) is 0 Å². The van der Waals surface area contributed by atoms with Crippen LogP contribution in [0.25, 0.3) is 0 Å². The highest BCUT2D eigenvalue weighted by Gasteiger charge is 2.27. The maximum absolute atomic E-state index is 11.8. The van der Waals surface area contributed by atoms with Gasteiger partial charge in [-0.05, 0) is 19.1 Å². The van der Waals surface area contributed by atoms with Gasteiger partial charge in [0.2, 0.25) is 5.91 Å². The number of hydrogen-bond donors (Lipinski definition) is 3. The number of amides is 3. The minimum absolute atomic E-state index is 0.0743. The van der Waals surface area contributed by atoms with Crippen molar-refractivity contribution in [2.24, 2.45) is 0 Å². The molecule has 0 saturated heterocycles. The number of aryl methyl sites for hydroxylation is 1. The third-order valence-electron chi connectivity index (χ3n) is 2.24. The number of rotatable bonds is 5. The first-order chi connectivity index (χ1) is 9.76. The highest BCUT2D eigenvalue weighted by atomic mass is 19.4. The smallest absolute Gasteiger partial charge is 0.338 e. The van der Waals surface area contributed by atoms with Crippen LogP contribution in [0.5, 0.6) is 0 Å². The molecule has 9 heteroatoms. The van der Waals surface area contributed by atoms with Gasteiger partial charge in [-0.3, -0.25) is 4.79 Å². The van der Waals surface area contributed by atoms with Crippen molar-refractivity contribution in [2.75, 3.05) is 18.4 Å². The molecule has 0 bridgehead atoms. The predicted octanol–water partition coefficient (Wildman–Crippen LogP) is 1.58. The summed E-state index contributed by atoms with van der Waals surface area (Å²) in [4.78, 5) is 26.6. The van der Waals surface area contributed by atoms with Gasteiger partial charge in [0.1, 0.15) is 12.4 Å². The first-order valence-electron chi connectivity index (χ1n) is 6.08. The van der Waals surface area contributed by atoms with Gasteiger partial charge in [-0.2, -0.15) is 13.2 Å². The lowest BCUT2D eigenvalue weighted by molar-refractivity contribution is -0.123. The number of aromatic nitrogens is 1. The molecule has 1 rings (SSSR count). The molecule has 21 heavy (non-hydrogen) atoms. The average molecular weight is 304 g/mol. The Morgan fingerprint density at radius 2 is 1.95 bits per heavy atom. The van der Waals surface area contributed by atoms with Gasteiger partial charge >= 0.3 is 12.2 Å². The number of nitrogens with one attached hydrogen (secondary N) is 3. The molecule has 0 atom stereocenters. The fraction of sp³-hybridized carbons (Fsp3) is 0.417. The fourth-order valence-electron chi connectivity index (χ4n) is 1.35. The van der Waals surface area contributed by atoms with E-state index in [1.165, 1.54) is 0 Å². The molecule has 0 aliphatic carbocycles. The molecule has 3 N–H and O–H groups in total. The zero-order chi connectivity index (χ0) is 15.9. The molecule has 0 aliphatic rings. The molecule has 1 aromatic heterocycles. The van der Waals surface area contributed by atoms with Crippen LogP contribution in [-0.4, -0.2) is 36.2 Å². The van der Waals surface area contributed by atoms with Crippen LogP contribution in [0.15, 0.2) is 18.2 Å². The van der Waals surface area contributed by atoms with E-state index in [2.05, 4.69) is 15.6 Å². The summed E-state index contributed by atoms with van der Waals surface area (Å²) >= 11 is 0. The molecule has 0 spiro atoms. The Bertz CT molecular complexity index is 506. The summed E-state index contributed by atoms with van der Waals surface area (Å²) in [5.41, 5.74) is 0.734. The van der Waals surface area contributed by atoms with Crippen molar-refractivity contribution < 1.29 is 22.8 Å². The normalized spacial score (nSPS) is 10.9. The van der Waals surface area contributed by atoms with Crippen molar-refractivity contribution in [1.29, 1.82) is 0 Å². The highest BCUT2D eigenvalue weighted by Crippen LogP contribution is 2.11. The molecule has 0 radical (unpaired) electrons. The molecule has 0 aromatic carbocycles. The SMILES string of the molecule is Cc1cccc(NC(=O)CCNC(=O)NCC(F)(F)F)n1. The first-order valence-corrected chi connectivity index (χ1v) is 6.08. The van der Waals surface area contributed by atoms with Gasteiger partial charge in [0.05, 0.1) is 0 Å². The Morgan fingerprint density at radius 3 is 2.57 bits per heavy atom. The van der Waals surface area contributed by atoms with Gasteiger partial charge in [-0.1, -0.05) is 6.07 Å². The number of pyridine rings is 1. The van der Waals surface area contributed by atoms with Crippen LogP contribution >= 0.6 is 0 Å². The number of carbonyl (C=O) groups is 2. The minimum Gasteiger partial charge on any atom is -0.338 e. The van der Waals surface area contributed by atoms with Gasteiger partial charge in [0.15, 0.2) is 0 Å². The molecule has 0 saturated carbocycles. The molecular formula is C12H15F3N4O2. The molecule has 0 unspecified atom stereocenters. The summed E-state index contributed by atoms with van der Waals surface area (Å²) in [6, 6.07) is 4.12. The Hall–Kier alpha value is -2.32. The van der Waals surface area contributed by atoms with Crippen molar-refractivity contribution in [3.05, 3.63) is 23.9 Å². The van der Waals surface area contributed by atoms with Crippen LogP contribution in [0.1, 0.15) is 12.1 Å². The zero-order valence-corrected chi connectivity index (χ0v) is 11.3. The van der Waals surface area contributed by atoms with E-state index in [0.29, 0.717) is 5.82 Å². The van der Waals surface area contributed by atoms with Gasteiger partial charge in [-0.25, -0.2) is 9.78 Å². The molecule has 0 aliphatic heterocycles. The van der Waals surface area contributed by atoms with Crippen LogP contribution in [0.2, 0.25) is 0 Å². The largest absolute Gasteiger partial charge is 0.405 e. The van der Waals surface area contributed by atoms with E-state index >= 15 is 0 Å². The van der Waals surface area contributed by atoms with E-state index in [1.54, 1.807) is 30.4 Å². The standard InChI is InChI=1S/C12H15F3N4O2/c1-8-3-2-4-9(18-8)19-10(20)5-6-16-11(21)17-7-12(13,14)15/h2-4H,5-7H2,1H3,(H2,16,17,21)(H,18,19,20). The Kier molecular flexibility index (Phi) is 5.94. The number of carbonyl (C=O) groups excluding carboxylic acids is 2. The third kappa shape index (κ3) is 7.75. The topological polar surface area (TPSA) is 83.1 Å². The van der Waals surface area contributed by atoms with Crippen molar-refractivity contribution in [2.45, 2.75) is 19.5 Å². The number of urea groups is 1. The van der Waals surface area contributed by atoms with E-state index in [0.717, 1.165) is 5.69 Å². The van der Waals surface area contributed by atoms with Crippen molar-refractivity contribution in [1.82, 2.24) is 15.6 Å². The van der Waals surface area contributed by atoms with Crippen molar-refractivity contribution in [3.63, 3.8) is 0 Å². The fourth-order valence-corrected chi connectivity index (χ4v) is 1.35. The summed E-state index contributed by atoms with van der Waals surface area (Å²) in [6.45, 7) is 0.266. The number of alkyl halides is 3. The minimum atomic E-state index is -4.47. The maximum atomic E-state index is 11.8. The summed E-state index contributed by atoms with van der Waals surface area (Å²) in [6.07, 6.45) is -4.54. The lowest BCUT2D eigenvalue weighted by Gasteiger charge is -2.09. The van der Waals surface area contributed by atoms with E-state index in [9.17, 15) is 22.8 Å². The molecular weight excluding hydrogens is 289 g/mol. The van der Waals surface area contributed by atoms with E-state index in [-0.39, 0.29) is 13.0 Å². The lowest BCUT2D eigenvalue weighted by atomic mass is 10.3. The summed E-state index contributed by atoms with van der Waals surface area (Å²) in [5.74, 6) is -0.0225. The van der Waals surface area contributed by atoms with Crippen LogP contribution in [0, 0.1) is 6.92 Å². The summed E-state index contributed by atoms with van der Waals surface area (Å²) in [5, 5.41) is 6.30. The Labute approximate surface area is 119 Å². The van der Waals surface area contributed by atoms with E-state index < -0.39 is 24.7 Å². The van der Waals surface area contributed by atoms with Gasteiger partial charge in [0.25, 0.3) is 0 Å². The predicted molar refractivity (Wildman–Crippen MR) is 69.7 cm³/mol. The second-order valence-corrected chi connectivity index (χ2v) is 4.19. The molecule has 116 valence electrons. The second-order valence-electron chi connectivity index (χ2n) is 4.19. The molecule has 3 amide bonds. The summed E-state index contributed by atoms with van der Waals surface area (Å²) < 4.78 is 35.5. The number of nitrogens with zero attached hydrogens (tertiary/aromatic N) is 1. The Balaban J connectivity index is 2.23. The highest BCUT2D eigenvalue weighted by molar-refractivity contribution is 5.90. The molecule has 6 nitrogen and oxygen atoms in total. The monoisotopic (exact) mass is 304 g/mol. The average Bonchev–Trinajstić information content (AvgIpc) is 2.35. The van der Waals surface area contributed by atoms with Crippen molar-refractivity contribution >= 4 is 17.8 Å². The van der Waals surface area contributed by atoms with E-state index in [1.807, 2.05) is 0 Å². The second kappa shape index (κ2) is 7.46. The lowest BCUT2D eigenvalue weighted by Crippen LogP contribution is -2.41. The van der Waals surface area contributed by atoms with Crippen LogP contribution in [0.3, 0.4) is 0 Å². The first kappa shape index (κ1) is 16.7. The van der Waals surface area contributed by atoms with Crippen LogP contribution < -0.4 is 16.0 Å². The number of halogens is 3. The quantitative estimate of drug-likeness (QED) is 0.772. The Morgan fingerprint density at radius 1 is 1.24 bits per heavy atom. The molecule has 1 heterocycles. The zero-order valence-electron chi connectivity index (χ0n) is 11.3. The molecule has 0 fully saturated rings. The number of anilines is 1. The van der Waals surface area contributed by atoms with Crippen LogP contribution in [0.4, 0.5) is 23.8 Å². The van der Waals surface area contributed by atoms with Gasteiger partial charge in [0, 0.05) is 18.7 Å². The van der Waals surface area contributed by atoms with E-state index in [4.69, 9.17) is 0 Å².